The van der Waals surface area contributed by atoms with Crippen molar-refractivity contribution in [3.05, 3.63) is 28.2 Å². The summed E-state index contributed by atoms with van der Waals surface area (Å²) in [6.07, 6.45) is 0.772. The number of hydrogen-bond donors (Lipinski definition) is 3. The first kappa shape index (κ1) is 11.5. The predicted molar refractivity (Wildman–Crippen MR) is 62.0 cm³/mol. The molecule has 0 fully saturated rings. The van der Waals surface area contributed by atoms with Gasteiger partial charge in [0.2, 0.25) is 0 Å². The van der Waals surface area contributed by atoms with Crippen LogP contribution in [0.1, 0.15) is 12.0 Å². The zero-order valence-electron chi connectivity index (χ0n) is 7.96. The van der Waals surface area contributed by atoms with Crippen molar-refractivity contribution < 1.29 is 5.11 Å². The van der Waals surface area contributed by atoms with E-state index in [9.17, 15) is 0 Å². The number of aliphatic hydroxyl groups excluding tert-OH is 1. The highest BCUT2D eigenvalue weighted by molar-refractivity contribution is 9.10. The molecular weight excluding hydrogens is 244 g/mol. The Labute approximate surface area is 92.4 Å². The zero-order chi connectivity index (χ0) is 10.4. The fourth-order valence-electron chi connectivity index (χ4n) is 1.15. The third-order valence-corrected chi connectivity index (χ3v) is 2.43. The molecule has 1 aromatic rings. The molecule has 0 spiro atoms. The molecule has 0 aliphatic carbocycles. The molecule has 78 valence electrons. The summed E-state index contributed by atoms with van der Waals surface area (Å²) in [5.74, 6) is 0. The average molecular weight is 259 g/mol. The van der Waals surface area contributed by atoms with E-state index in [2.05, 4.69) is 21.2 Å². The Kier molecular flexibility index (Phi) is 4.93. The molecule has 0 radical (unpaired) electrons. The number of rotatable bonds is 5. The SMILES string of the molecule is Nc1ccc(Br)cc1CNCCCO. The van der Waals surface area contributed by atoms with Gasteiger partial charge in [-0.25, -0.2) is 0 Å². The molecule has 4 N–H and O–H groups in total. The number of nitrogen functional groups attached to an aromatic ring is 1. The number of nitrogens with one attached hydrogen (secondary N) is 1. The molecule has 0 bridgehead atoms. The largest absolute Gasteiger partial charge is 0.398 e. The van der Waals surface area contributed by atoms with Crippen LogP contribution in [0, 0.1) is 0 Å². The Balaban J connectivity index is 2.45. The predicted octanol–water partition coefficient (Wildman–Crippen LogP) is 1.50. The number of nitrogens with two attached hydrogens (primary N) is 1. The molecule has 0 aliphatic rings. The first-order valence-electron chi connectivity index (χ1n) is 4.59. The lowest BCUT2D eigenvalue weighted by Crippen LogP contribution is -2.16. The smallest absolute Gasteiger partial charge is 0.0443 e. The van der Waals surface area contributed by atoms with Crippen molar-refractivity contribution in [2.75, 3.05) is 18.9 Å². The second kappa shape index (κ2) is 6.01. The van der Waals surface area contributed by atoms with E-state index in [4.69, 9.17) is 10.8 Å². The van der Waals surface area contributed by atoms with Crippen LogP contribution in [0.15, 0.2) is 22.7 Å². The topological polar surface area (TPSA) is 58.3 Å². The Morgan fingerprint density at radius 1 is 1.43 bits per heavy atom. The van der Waals surface area contributed by atoms with Crippen molar-refractivity contribution in [3.63, 3.8) is 0 Å². The summed E-state index contributed by atoms with van der Waals surface area (Å²) >= 11 is 3.40. The molecule has 0 amide bonds. The van der Waals surface area contributed by atoms with E-state index >= 15 is 0 Å². The van der Waals surface area contributed by atoms with Gasteiger partial charge in [0.05, 0.1) is 0 Å². The highest BCUT2D eigenvalue weighted by Gasteiger charge is 1.98. The molecular formula is C10H15BrN2O. The normalized spacial score (nSPS) is 10.4. The first-order chi connectivity index (χ1) is 6.74. The van der Waals surface area contributed by atoms with E-state index in [1.54, 1.807) is 0 Å². The van der Waals surface area contributed by atoms with E-state index in [1.165, 1.54) is 0 Å². The second-order valence-corrected chi connectivity index (χ2v) is 4.01. The van der Waals surface area contributed by atoms with Crippen molar-refractivity contribution in [1.29, 1.82) is 0 Å². The van der Waals surface area contributed by atoms with Gasteiger partial charge in [0.1, 0.15) is 0 Å². The van der Waals surface area contributed by atoms with E-state index in [-0.39, 0.29) is 6.61 Å². The molecule has 0 saturated carbocycles. The maximum absolute atomic E-state index is 8.59. The minimum absolute atomic E-state index is 0.223. The minimum atomic E-state index is 0.223. The van der Waals surface area contributed by atoms with Gasteiger partial charge in [-0.3, -0.25) is 0 Å². The van der Waals surface area contributed by atoms with Gasteiger partial charge >= 0.3 is 0 Å². The fraction of sp³-hybridized carbons (Fsp3) is 0.400. The maximum atomic E-state index is 8.59. The van der Waals surface area contributed by atoms with E-state index in [1.807, 2.05) is 18.2 Å². The van der Waals surface area contributed by atoms with Crippen LogP contribution in [0.3, 0.4) is 0 Å². The molecule has 1 rings (SSSR count). The quantitative estimate of drug-likeness (QED) is 0.555. The fourth-order valence-corrected chi connectivity index (χ4v) is 1.56. The summed E-state index contributed by atoms with van der Waals surface area (Å²) < 4.78 is 1.03. The summed E-state index contributed by atoms with van der Waals surface area (Å²) in [6, 6.07) is 5.81. The van der Waals surface area contributed by atoms with Crippen molar-refractivity contribution in [1.82, 2.24) is 5.32 Å². The number of aliphatic hydroxyl groups is 1. The molecule has 0 aliphatic heterocycles. The van der Waals surface area contributed by atoms with Gasteiger partial charge in [-0.15, -0.1) is 0 Å². The van der Waals surface area contributed by atoms with Gasteiger partial charge in [-0.05, 0) is 36.7 Å². The molecule has 3 nitrogen and oxygen atoms in total. The van der Waals surface area contributed by atoms with Crippen molar-refractivity contribution in [3.8, 4) is 0 Å². The van der Waals surface area contributed by atoms with Gasteiger partial charge in [-0.1, -0.05) is 15.9 Å². The number of halogens is 1. The van der Waals surface area contributed by atoms with Crippen LogP contribution in [0.4, 0.5) is 5.69 Å². The summed E-state index contributed by atoms with van der Waals surface area (Å²) in [6.45, 7) is 1.77. The summed E-state index contributed by atoms with van der Waals surface area (Å²) in [5.41, 5.74) is 7.67. The number of hydrogen-bond acceptors (Lipinski definition) is 3. The minimum Gasteiger partial charge on any atom is -0.398 e. The van der Waals surface area contributed by atoms with Gasteiger partial charge < -0.3 is 16.2 Å². The van der Waals surface area contributed by atoms with Crippen LogP contribution >= 0.6 is 15.9 Å². The summed E-state index contributed by atoms with van der Waals surface area (Å²) in [5, 5.41) is 11.8. The van der Waals surface area contributed by atoms with Crippen molar-refractivity contribution in [2.24, 2.45) is 0 Å². The van der Waals surface area contributed by atoms with Gasteiger partial charge in [0.25, 0.3) is 0 Å². The van der Waals surface area contributed by atoms with Crippen LogP contribution in [0.5, 0.6) is 0 Å². The Hall–Kier alpha value is -0.580. The number of anilines is 1. The lowest BCUT2D eigenvalue weighted by molar-refractivity contribution is 0.286. The molecule has 1 aromatic carbocycles. The highest BCUT2D eigenvalue weighted by atomic mass is 79.9. The van der Waals surface area contributed by atoms with Crippen molar-refractivity contribution >= 4 is 21.6 Å². The first-order valence-corrected chi connectivity index (χ1v) is 5.39. The van der Waals surface area contributed by atoms with Crippen molar-refractivity contribution in [2.45, 2.75) is 13.0 Å². The van der Waals surface area contributed by atoms with Gasteiger partial charge in [0, 0.05) is 23.3 Å². The van der Waals surface area contributed by atoms with Crippen LogP contribution < -0.4 is 11.1 Å². The standard InChI is InChI=1S/C10H15BrN2O/c11-9-2-3-10(12)8(6-9)7-13-4-1-5-14/h2-3,6,13-14H,1,4-5,7,12H2. The molecule has 0 atom stereocenters. The molecule has 0 heterocycles. The molecule has 0 unspecified atom stereocenters. The van der Waals surface area contributed by atoms with E-state index in [0.717, 1.165) is 35.2 Å². The van der Waals surface area contributed by atoms with Gasteiger partial charge in [0.15, 0.2) is 0 Å². The van der Waals surface area contributed by atoms with Gasteiger partial charge in [-0.2, -0.15) is 0 Å². The van der Waals surface area contributed by atoms with E-state index < -0.39 is 0 Å². The van der Waals surface area contributed by atoms with Crippen LogP contribution in [-0.2, 0) is 6.54 Å². The lowest BCUT2D eigenvalue weighted by Gasteiger charge is -2.07. The summed E-state index contributed by atoms with van der Waals surface area (Å²) in [7, 11) is 0. The summed E-state index contributed by atoms with van der Waals surface area (Å²) in [4.78, 5) is 0. The monoisotopic (exact) mass is 258 g/mol. The van der Waals surface area contributed by atoms with Crippen LogP contribution in [-0.4, -0.2) is 18.3 Å². The Morgan fingerprint density at radius 2 is 2.21 bits per heavy atom. The second-order valence-electron chi connectivity index (χ2n) is 3.10. The number of benzene rings is 1. The maximum Gasteiger partial charge on any atom is 0.0443 e. The van der Waals surface area contributed by atoms with Crippen LogP contribution in [0.2, 0.25) is 0 Å². The molecule has 0 aromatic heterocycles. The van der Waals surface area contributed by atoms with Crippen LogP contribution in [0.25, 0.3) is 0 Å². The Morgan fingerprint density at radius 3 is 2.93 bits per heavy atom. The third-order valence-electron chi connectivity index (χ3n) is 1.93. The highest BCUT2D eigenvalue weighted by Crippen LogP contribution is 2.17. The average Bonchev–Trinajstić information content (AvgIpc) is 2.18. The molecule has 4 heteroatoms. The lowest BCUT2D eigenvalue weighted by atomic mass is 10.2. The zero-order valence-corrected chi connectivity index (χ0v) is 9.55. The molecule has 0 saturated heterocycles. The van der Waals surface area contributed by atoms with E-state index in [0.29, 0.717) is 0 Å². The molecule has 14 heavy (non-hydrogen) atoms. The third kappa shape index (κ3) is 3.65. The Bertz CT molecular complexity index is 291.